The van der Waals surface area contributed by atoms with E-state index in [1.165, 1.54) is 31.4 Å². The minimum Gasteiger partial charge on any atom is -0.330 e. The molecule has 1 aromatic rings. The Bertz CT molecular complexity index is 390. The molecule has 1 fully saturated rings. The van der Waals surface area contributed by atoms with Crippen LogP contribution in [0.15, 0.2) is 24.3 Å². The van der Waals surface area contributed by atoms with Gasteiger partial charge in [-0.2, -0.15) is 0 Å². The molecular weight excluding hydrogens is 239 g/mol. The maximum Gasteiger partial charge on any atom is 0.123 e. The van der Waals surface area contributed by atoms with Gasteiger partial charge in [0.15, 0.2) is 0 Å². The fraction of sp³-hybridized carbons (Fsp3) is 0.625. The van der Waals surface area contributed by atoms with Gasteiger partial charge in [-0.3, -0.25) is 4.90 Å². The quantitative estimate of drug-likeness (QED) is 0.905. The van der Waals surface area contributed by atoms with E-state index in [-0.39, 0.29) is 5.82 Å². The third-order valence-electron chi connectivity index (χ3n) is 4.43. The summed E-state index contributed by atoms with van der Waals surface area (Å²) in [5.41, 5.74) is 7.08. The van der Waals surface area contributed by atoms with Crippen LogP contribution in [0.4, 0.5) is 4.39 Å². The normalized spacial score (nSPS) is 27.7. The molecule has 2 rings (SSSR count). The lowest BCUT2D eigenvalue weighted by Crippen LogP contribution is -2.44. The van der Waals surface area contributed by atoms with Gasteiger partial charge < -0.3 is 5.73 Å². The second kappa shape index (κ2) is 6.49. The molecule has 106 valence electrons. The van der Waals surface area contributed by atoms with Crippen molar-refractivity contribution in [1.29, 1.82) is 0 Å². The first-order valence-electron chi connectivity index (χ1n) is 7.25. The van der Waals surface area contributed by atoms with Crippen LogP contribution in [0, 0.1) is 17.7 Å². The second-order valence-corrected chi connectivity index (χ2v) is 6.02. The van der Waals surface area contributed by atoms with Crippen molar-refractivity contribution in [2.75, 3.05) is 13.6 Å². The van der Waals surface area contributed by atoms with Crippen LogP contribution >= 0.6 is 0 Å². The number of halogens is 1. The first-order valence-corrected chi connectivity index (χ1v) is 7.25. The number of rotatable bonds is 4. The Morgan fingerprint density at radius 2 is 1.95 bits per heavy atom. The van der Waals surface area contributed by atoms with Gasteiger partial charge in [-0.25, -0.2) is 4.39 Å². The maximum atomic E-state index is 12.9. The molecule has 0 aliphatic heterocycles. The van der Waals surface area contributed by atoms with Gasteiger partial charge in [0, 0.05) is 12.6 Å². The van der Waals surface area contributed by atoms with Crippen LogP contribution in [-0.4, -0.2) is 24.5 Å². The fourth-order valence-corrected chi connectivity index (χ4v) is 3.22. The van der Waals surface area contributed by atoms with Gasteiger partial charge in [-0.1, -0.05) is 25.5 Å². The first-order chi connectivity index (χ1) is 9.10. The highest BCUT2D eigenvalue weighted by atomic mass is 19.1. The summed E-state index contributed by atoms with van der Waals surface area (Å²) in [6.45, 7) is 3.96. The third-order valence-corrected chi connectivity index (χ3v) is 4.43. The van der Waals surface area contributed by atoms with Gasteiger partial charge in [0.2, 0.25) is 0 Å². The van der Waals surface area contributed by atoms with Crippen LogP contribution in [0.2, 0.25) is 0 Å². The Morgan fingerprint density at radius 3 is 2.58 bits per heavy atom. The van der Waals surface area contributed by atoms with Gasteiger partial charge in [0.1, 0.15) is 5.82 Å². The highest BCUT2D eigenvalue weighted by molar-refractivity contribution is 5.16. The van der Waals surface area contributed by atoms with Crippen molar-refractivity contribution in [3.8, 4) is 0 Å². The van der Waals surface area contributed by atoms with Crippen molar-refractivity contribution in [1.82, 2.24) is 4.90 Å². The van der Waals surface area contributed by atoms with Gasteiger partial charge in [-0.15, -0.1) is 0 Å². The van der Waals surface area contributed by atoms with Crippen LogP contribution in [0.3, 0.4) is 0 Å². The van der Waals surface area contributed by atoms with E-state index >= 15 is 0 Å². The van der Waals surface area contributed by atoms with Crippen molar-refractivity contribution < 1.29 is 4.39 Å². The summed E-state index contributed by atoms with van der Waals surface area (Å²) >= 11 is 0. The van der Waals surface area contributed by atoms with E-state index in [4.69, 9.17) is 5.73 Å². The molecule has 3 atom stereocenters. The zero-order valence-electron chi connectivity index (χ0n) is 12.0. The number of nitrogens with two attached hydrogens (primary N) is 1. The Hall–Kier alpha value is -0.930. The van der Waals surface area contributed by atoms with Crippen molar-refractivity contribution in [2.24, 2.45) is 17.6 Å². The average molecular weight is 264 g/mol. The molecule has 0 bridgehead atoms. The Kier molecular flexibility index (Phi) is 4.94. The maximum absolute atomic E-state index is 12.9. The number of hydrogen-bond acceptors (Lipinski definition) is 2. The SMILES string of the molecule is CC1CCC(CN)C(N(C)Cc2ccc(F)cc2)C1. The molecule has 1 aliphatic rings. The van der Waals surface area contributed by atoms with Gasteiger partial charge in [-0.05, 0) is 56.0 Å². The lowest BCUT2D eigenvalue weighted by atomic mass is 9.78. The number of nitrogens with zero attached hydrogens (tertiary/aromatic N) is 1. The van der Waals surface area contributed by atoms with Crippen LogP contribution in [0.5, 0.6) is 0 Å². The van der Waals surface area contributed by atoms with Crippen molar-refractivity contribution in [3.63, 3.8) is 0 Å². The zero-order valence-corrected chi connectivity index (χ0v) is 12.0. The Morgan fingerprint density at radius 1 is 1.26 bits per heavy atom. The standard InChI is InChI=1S/C16H25FN2/c1-12-3-6-14(10-18)16(9-12)19(2)11-13-4-7-15(17)8-5-13/h4-5,7-8,12,14,16H,3,6,9-11,18H2,1-2H3. The predicted octanol–water partition coefficient (Wildman–Crippen LogP) is 3.02. The topological polar surface area (TPSA) is 29.3 Å². The second-order valence-electron chi connectivity index (χ2n) is 6.02. The highest BCUT2D eigenvalue weighted by Crippen LogP contribution is 2.31. The smallest absolute Gasteiger partial charge is 0.123 e. The number of hydrogen-bond donors (Lipinski definition) is 1. The highest BCUT2D eigenvalue weighted by Gasteiger charge is 2.30. The molecule has 0 heterocycles. The molecule has 0 radical (unpaired) electrons. The van der Waals surface area contributed by atoms with Crippen LogP contribution in [0.25, 0.3) is 0 Å². The van der Waals surface area contributed by atoms with E-state index in [2.05, 4.69) is 18.9 Å². The molecular formula is C16H25FN2. The summed E-state index contributed by atoms with van der Waals surface area (Å²) in [7, 11) is 2.16. The molecule has 0 aromatic heterocycles. The summed E-state index contributed by atoms with van der Waals surface area (Å²) in [5.74, 6) is 1.21. The van der Waals surface area contributed by atoms with E-state index in [9.17, 15) is 4.39 Å². The molecule has 3 heteroatoms. The van der Waals surface area contributed by atoms with E-state index in [0.717, 1.165) is 24.6 Å². The molecule has 19 heavy (non-hydrogen) atoms. The Balaban J connectivity index is 2.00. The molecule has 0 spiro atoms. The summed E-state index contributed by atoms with van der Waals surface area (Å²) in [4.78, 5) is 2.39. The molecule has 0 amide bonds. The van der Waals surface area contributed by atoms with Crippen LogP contribution < -0.4 is 5.73 Å². The van der Waals surface area contributed by atoms with E-state index in [0.29, 0.717) is 12.0 Å². The zero-order chi connectivity index (χ0) is 13.8. The van der Waals surface area contributed by atoms with Crippen molar-refractivity contribution in [2.45, 2.75) is 38.8 Å². The average Bonchev–Trinajstić information content (AvgIpc) is 2.41. The van der Waals surface area contributed by atoms with E-state index < -0.39 is 0 Å². The predicted molar refractivity (Wildman–Crippen MR) is 77.2 cm³/mol. The van der Waals surface area contributed by atoms with Crippen LogP contribution in [-0.2, 0) is 6.54 Å². The lowest BCUT2D eigenvalue weighted by Gasteiger charge is -2.40. The monoisotopic (exact) mass is 264 g/mol. The molecule has 3 unspecified atom stereocenters. The third kappa shape index (κ3) is 3.77. The molecule has 1 aliphatic carbocycles. The minimum absolute atomic E-state index is 0.169. The summed E-state index contributed by atoms with van der Waals surface area (Å²) in [6.07, 6.45) is 3.75. The molecule has 1 saturated carbocycles. The van der Waals surface area contributed by atoms with Gasteiger partial charge >= 0.3 is 0 Å². The van der Waals surface area contributed by atoms with Gasteiger partial charge in [0.05, 0.1) is 0 Å². The van der Waals surface area contributed by atoms with Crippen LogP contribution in [0.1, 0.15) is 31.7 Å². The van der Waals surface area contributed by atoms with E-state index in [1.807, 2.05) is 12.1 Å². The summed E-state index contributed by atoms with van der Waals surface area (Å²) < 4.78 is 12.9. The fourth-order valence-electron chi connectivity index (χ4n) is 3.22. The molecule has 2 N–H and O–H groups in total. The molecule has 2 nitrogen and oxygen atoms in total. The first kappa shape index (κ1) is 14.5. The minimum atomic E-state index is -0.169. The van der Waals surface area contributed by atoms with Gasteiger partial charge in [0.25, 0.3) is 0 Å². The summed E-state index contributed by atoms with van der Waals surface area (Å²) in [6, 6.07) is 7.37. The Labute approximate surface area is 115 Å². The van der Waals surface area contributed by atoms with E-state index in [1.54, 1.807) is 0 Å². The largest absolute Gasteiger partial charge is 0.330 e. The lowest BCUT2D eigenvalue weighted by molar-refractivity contribution is 0.103. The molecule has 0 saturated heterocycles. The molecule has 1 aromatic carbocycles. The van der Waals surface area contributed by atoms with Crippen molar-refractivity contribution in [3.05, 3.63) is 35.6 Å². The summed E-state index contributed by atoms with van der Waals surface area (Å²) in [5, 5.41) is 0. The van der Waals surface area contributed by atoms with Crippen molar-refractivity contribution >= 4 is 0 Å². The number of benzene rings is 1.